The van der Waals surface area contributed by atoms with Gasteiger partial charge in [-0.25, -0.2) is 4.39 Å². The van der Waals surface area contributed by atoms with E-state index in [4.69, 9.17) is 4.74 Å². The zero-order chi connectivity index (χ0) is 24.4. The van der Waals surface area contributed by atoms with Crippen LogP contribution in [0.25, 0.3) is 11.3 Å². The van der Waals surface area contributed by atoms with Crippen LogP contribution < -0.4 is 28.7 Å². The van der Waals surface area contributed by atoms with E-state index in [2.05, 4.69) is 12.0 Å². The number of ether oxygens (including phenoxy) is 1. The van der Waals surface area contributed by atoms with Crippen molar-refractivity contribution in [3.05, 3.63) is 77.7 Å². The van der Waals surface area contributed by atoms with Crippen LogP contribution in [0.5, 0.6) is 11.5 Å². The van der Waals surface area contributed by atoms with Gasteiger partial charge in [0.2, 0.25) is 0 Å². The number of aryl methyl sites for hydroxylation is 1. The molecule has 2 saturated heterocycles. The SMILES string of the molecule is Cc1cc(C(=O)N2CCC([N+]3(C)CCCC3)CC2)cc(-c2ccc(Oc3ccc(F)cc3)cc2)n1.[I-]. The van der Waals surface area contributed by atoms with Gasteiger partial charge in [0.05, 0.1) is 31.9 Å². The summed E-state index contributed by atoms with van der Waals surface area (Å²) in [5.74, 6) is 1.03. The monoisotopic (exact) mass is 601 g/mol. The summed E-state index contributed by atoms with van der Waals surface area (Å²) in [5.41, 5.74) is 3.20. The molecule has 1 aromatic heterocycles. The Labute approximate surface area is 229 Å². The number of rotatable bonds is 5. The summed E-state index contributed by atoms with van der Waals surface area (Å²) in [6.45, 7) is 6.13. The van der Waals surface area contributed by atoms with E-state index in [1.807, 2.05) is 48.2 Å². The minimum atomic E-state index is -0.296. The second-order valence-electron chi connectivity index (χ2n) is 10.1. The molecule has 5 rings (SSSR count). The molecule has 0 bridgehead atoms. The van der Waals surface area contributed by atoms with Gasteiger partial charge < -0.3 is 38.1 Å². The van der Waals surface area contributed by atoms with Crippen LogP contribution in [0.2, 0.25) is 0 Å². The van der Waals surface area contributed by atoms with Gasteiger partial charge in [-0.3, -0.25) is 9.78 Å². The van der Waals surface area contributed by atoms with Gasteiger partial charge in [0.1, 0.15) is 17.3 Å². The quantitative estimate of drug-likeness (QED) is 0.334. The van der Waals surface area contributed by atoms with E-state index in [0.717, 1.165) is 42.9 Å². The lowest BCUT2D eigenvalue weighted by Crippen LogP contribution is -3.00. The van der Waals surface area contributed by atoms with Crippen LogP contribution in [0.3, 0.4) is 0 Å². The third-order valence-corrected chi connectivity index (χ3v) is 7.62. The summed E-state index contributed by atoms with van der Waals surface area (Å²) in [6.07, 6.45) is 4.81. The first-order valence-electron chi connectivity index (χ1n) is 12.6. The van der Waals surface area contributed by atoms with Crippen molar-refractivity contribution >= 4 is 5.91 Å². The molecular formula is C29H33FIN3O2. The van der Waals surface area contributed by atoms with Crippen molar-refractivity contribution < 1.29 is 42.4 Å². The molecular weight excluding hydrogens is 568 g/mol. The molecule has 3 heterocycles. The zero-order valence-corrected chi connectivity index (χ0v) is 23.1. The van der Waals surface area contributed by atoms with Gasteiger partial charge in [-0.1, -0.05) is 0 Å². The Bertz CT molecular complexity index is 1190. The van der Waals surface area contributed by atoms with Crippen molar-refractivity contribution in [1.82, 2.24) is 9.88 Å². The number of carbonyl (C=O) groups excluding carboxylic acids is 1. The number of amides is 1. The lowest BCUT2D eigenvalue weighted by atomic mass is 10.00. The molecule has 2 fully saturated rings. The third kappa shape index (κ3) is 5.89. The van der Waals surface area contributed by atoms with Crippen molar-refractivity contribution in [1.29, 1.82) is 0 Å². The highest BCUT2D eigenvalue weighted by molar-refractivity contribution is 5.95. The zero-order valence-electron chi connectivity index (χ0n) is 20.9. The van der Waals surface area contributed by atoms with E-state index in [9.17, 15) is 9.18 Å². The highest BCUT2D eigenvalue weighted by atomic mass is 127. The molecule has 36 heavy (non-hydrogen) atoms. The topological polar surface area (TPSA) is 42.4 Å². The van der Waals surface area contributed by atoms with E-state index >= 15 is 0 Å². The second-order valence-corrected chi connectivity index (χ2v) is 10.1. The fourth-order valence-electron chi connectivity index (χ4n) is 5.57. The first kappa shape index (κ1) is 26.5. The van der Waals surface area contributed by atoms with Crippen molar-refractivity contribution in [2.24, 2.45) is 0 Å². The number of halogens is 2. The molecule has 0 spiro atoms. The molecule has 0 unspecified atom stereocenters. The first-order valence-corrected chi connectivity index (χ1v) is 12.6. The molecule has 0 aliphatic carbocycles. The summed E-state index contributed by atoms with van der Waals surface area (Å²) in [7, 11) is 2.39. The van der Waals surface area contributed by atoms with Crippen LogP contribution in [0.1, 0.15) is 41.7 Å². The van der Waals surface area contributed by atoms with E-state index < -0.39 is 0 Å². The van der Waals surface area contributed by atoms with Crippen LogP contribution in [0.15, 0.2) is 60.7 Å². The molecule has 7 heteroatoms. The van der Waals surface area contributed by atoms with Gasteiger partial charge >= 0.3 is 0 Å². The smallest absolute Gasteiger partial charge is 0.254 e. The van der Waals surface area contributed by atoms with Crippen LogP contribution in [0, 0.1) is 12.7 Å². The summed E-state index contributed by atoms with van der Waals surface area (Å²) in [5, 5.41) is 0. The molecule has 0 radical (unpaired) electrons. The van der Waals surface area contributed by atoms with Crippen molar-refractivity contribution in [3.63, 3.8) is 0 Å². The van der Waals surface area contributed by atoms with Gasteiger partial charge in [-0.15, -0.1) is 0 Å². The number of hydrogen-bond donors (Lipinski definition) is 0. The summed E-state index contributed by atoms with van der Waals surface area (Å²) in [4.78, 5) is 20.1. The number of quaternary nitrogens is 1. The highest BCUT2D eigenvalue weighted by Gasteiger charge is 2.38. The van der Waals surface area contributed by atoms with Crippen molar-refractivity contribution in [2.75, 3.05) is 33.2 Å². The number of hydrogen-bond acceptors (Lipinski definition) is 3. The maximum absolute atomic E-state index is 13.4. The minimum Gasteiger partial charge on any atom is -1.00 e. The van der Waals surface area contributed by atoms with Crippen LogP contribution in [0.4, 0.5) is 4.39 Å². The van der Waals surface area contributed by atoms with E-state index in [-0.39, 0.29) is 35.7 Å². The second kappa shape index (κ2) is 11.3. The molecule has 5 nitrogen and oxygen atoms in total. The molecule has 2 aliphatic rings. The molecule has 1 amide bonds. The van der Waals surface area contributed by atoms with Crippen molar-refractivity contribution in [3.8, 4) is 22.8 Å². The Hall–Kier alpha value is -2.52. The summed E-state index contributed by atoms with van der Waals surface area (Å²) >= 11 is 0. The Morgan fingerprint density at radius 3 is 2.17 bits per heavy atom. The molecule has 0 atom stereocenters. The summed E-state index contributed by atoms with van der Waals surface area (Å²) < 4.78 is 20.1. The first-order chi connectivity index (χ1) is 16.9. The van der Waals surface area contributed by atoms with E-state index in [1.165, 1.54) is 42.5 Å². The Kier molecular flexibility index (Phi) is 8.30. The maximum Gasteiger partial charge on any atom is 0.254 e. The fraction of sp³-hybridized carbons (Fsp3) is 0.379. The summed E-state index contributed by atoms with van der Waals surface area (Å²) in [6, 6.07) is 18.0. The normalized spacial score (nSPS) is 17.5. The Balaban J connectivity index is 0.00000304. The lowest BCUT2D eigenvalue weighted by Gasteiger charge is -2.42. The van der Waals surface area contributed by atoms with Gasteiger partial charge in [0.15, 0.2) is 0 Å². The number of nitrogens with zero attached hydrogens (tertiary/aromatic N) is 3. The predicted octanol–water partition coefficient (Wildman–Crippen LogP) is 2.84. The van der Waals surface area contributed by atoms with Gasteiger partial charge in [0, 0.05) is 55.6 Å². The number of likely N-dealkylation sites (tertiary alicyclic amines) is 2. The molecule has 190 valence electrons. The molecule has 2 aliphatic heterocycles. The fourth-order valence-corrected chi connectivity index (χ4v) is 5.57. The predicted molar refractivity (Wildman–Crippen MR) is 135 cm³/mol. The van der Waals surface area contributed by atoms with Crippen molar-refractivity contribution in [2.45, 2.75) is 38.6 Å². The molecule has 0 N–H and O–H groups in total. The minimum absolute atomic E-state index is 0. The number of aromatic nitrogens is 1. The van der Waals surface area contributed by atoms with Crippen LogP contribution >= 0.6 is 0 Å². The molecule has 2 aromatic carbocycles. The van der Waals surface area contributed by atoms with Crippen LogP contribution in [-0.2, 0) is 0 Å². The highest BCUT2D eigenvalue weighted by Crippen LogP contribution is 2.29. The number of piperidine rings is 1. The Morgan fingerprint density at radius 2 is 1.56 bits per heavy atom. The van der Waals surface area contributed by atoms with Gasteiger partial charge in [0.25, 0.3) is 5.91 Å². The largest absolute Gasteiger partial charge is 1.00 e. The van der Waals surface area contributed by atoms with Gasteiger partial charge in [-0.2, -0.15) is 0 Å². The van der Waals surface area contributed by atoms with E-state index in [1.54, 1.807) is 12.1 Å². The molecule has 0 saturated carbocycles. The maximum atomic E-state index is 13.4. The standard InChI is InChI=1S/C29H33FN3O2.HI/c1-21-19-23(29(34)32-15-13-25(14-16-32)33(2)17-3-4-18-33)20-28(31-21)22-5-9-26(10-6-22)35-27-11-7-24(30)8-12-27;/h5-12,19-20,25H,3-4,13-18H2,1-2H3;1H/q+1;/p-1. The van der Waals surface area contributed by atoms with Crippen LogP contribution in [-0.4, -0.2) is 59.5 Å². The molecule has 3 aromatic rings. The third-order valence-electron chi connectivity index (χ3n) is 7.62. The van der Waals surface area contributed by atoms with E-state index in [0.29, 0.717) is 23.1 Å². The Morgan fingerprint density at radius 1 is 0.972 bits per heavy atom. The average molecular weight is 602 g/mol. The number of pyridine rings is 1. The lowest BCUT2D eigenvalue weighted by molar-refractivity contribution is -0.923. The van der Waals surface area contributed by atoms with Gasteiger partial charge in [-0.05, 0) is 67.6 Å². The average Bonchev–Trinajstić information content (AvgIpc) is 3.33. The number of carbonyl (C=O) groups is 1. The number of benzene rings is 2.